The van der Waals surface area contributed by atoms with Crippen LogP contribution in [-0.4, -0.2) is 11.7 Å². The molecule has 0 atom stereocenters. The van der Waals surface area contributed by atoms with Crippen molar-refractivity contribution in [3.8, 4) is 0 Å². The lowest BCUT2D eigenvalue weighted by Gasteiger charge is -2.08. The molecule has 0 fully saturated rings. The number of carbonyl (C=O) groups is 1. The quantitative estimate of drug-likeness (QED) is 0.724. The van der Waals surface area contributed by atoms with E-state index < -0.39 is 5.82 Å². The summed E-state index contributed by atoms with van der Waals surface area (Å²) >= 11 is 18.8. The van der Waals surface area contributed by atoms with Crippen LogP contribution in [0.1, 0.15) is 0 Å². The van der Waals surface area contributed by atoms with Crippen LogP contribution in [-0.2, 0) is 4.79 Å². The molecule has 0 radical (unpaired) electrons. The molecule has 0 aromatic heterocycles. The van der Waals surface area contributed by atoms with Crippen LogP contribution >= 0.6 is 46.6 Å². The first-order valence-electron chi connectivity index (χ1n) is 5.79. The van der Waals surface area contributed by atoms with Crippen LogP contribution in [0.25, 0.3) is 0 Å². The Bertz CT molecular complexity index is 681. The smallest absolute Gasteiger partial charge is 0.234 e. The molecule has 7 heteroatoms. The van der Waals surface area contributed by atoms with Gasteiger partial charge in [-0.3, -0.25) is 4.79 Å². The molecule has 0 saturated carbocycles. The van der Waals surface area contributed by atoms with E-state index in [1.165, 1.54) is 23.9 Å². The highest BCUT2D eigenvalue weighted by Gasteiger charge is 2.09. The summed E-state index contributed by atoms with van der Waals surface area (Å²) in [6.07, 6.45) is 0. The summed E-state index contributed by atoms with van der Waals surface area (Å²) in [4.78, 5) is 12.6. The molecule has 1 N–H and O–H groups in total. The maximum atomic E-state index is 13.0. The summed E-state index contributed by atoms with van der Waals surface area (Å²) in [5, 5.41) is 3.35. The molecular formula is C14H9Cl3FNOS. The maximum absolute atomic E-state index is 13.0. The van der Waals surface area contributed by atoms with Gasteiger partial charge in [0.25, 0.3) is 0 Å². The van der Waals surface area contributed by atoms with E-state index in [0.29, 0.717) is 20.6 Å². The molecule has 2 aromatic carbocycles. The van der Waals surface area contributed by atoms with Gasteiger partial charge in [0.05, 0.1) is 26.5 Å². The summed E-state index contributed by atoms with van der Waals surface area (Å²) in [7, 11) is 0. The number of halogens is 4. The molecule has 1 amide bonds. The second-order valence-electron chi connectivity index (χ2n) is 4.01. The Balaban J connectivity index is 1.96. The van der Waals surface area contributed by atoms with Crippen molar-refractivity contribution in [3.63, 3.8) is 0 Å². The van der Waals surface area contributed by atoms with Gasteiger partial charge in [0.1, 0.15) is 5.82 Å². The van der Waals surface area contributed by atoms with Gasteiger partial charge in [-0.05, 0) is 30.3 Å². The van der Waals surface area contributed by atoms with Gasteiger partial charge >= 0.3 is 0 Å². The fourth-order valence-corrected chi connectivity index (χ4v) is 2.83. The van der Waals surface area contributed by atoms with Crippen molar-refractivity contribution < 1.29 is 9.18 Å². The number of benzene rings is 2. The molecule has 0 unspecified atom stereocenters. The molecule has 21 heavy (non-hydrogen) atoms. The van der Waals surface area contributed by atoms with Gasteiger partial charge in [-0.25, -0.2) is 4.39 Å². The zero-order valence-electron chi connectivity index (χ0n) is 10.5. The van der Waals surface area contributed by atoms with Crippen molar-refractivity contribution >= 4 is 58.2 Å². The van der Waals surface area contributed by atoms with E-state index in [0.717, 1.165) is 0 Å². The van der Waals surface area contributed by atoms with E-state index in [2.05, 4.69) is 5.32 Å². The molecule has 0 spiro atoms. The summed E-state index contributed by atoms with van der Waals surface area (Å²) < 4.78 is 13.0. The van der Waals surface area contributed by atoms with Gasteiger partial charge in [-0.1, -0.05) is 40.9 Å². The molecule has 0 aliphatic carbocycles. The normalized spacial score (nSPS) is 10.5. The predicted octanol–water partition coefficient (Wildman–Crippen LogP) is 5.52. The first-order chi connectivity index (χ1) is 9.97. The number of hydrogen-bond donors (Lipinski definition) is 1. The van der Waals surface area contributed by atoms with Crippen LogP contribution < -0.4 is 5.32 Å². The second kappa shape index (κ2) is 7.36. The Labute approximate surface area is 140 Å². The van der Waals surface area contributed by atoms with Crippen LogP contribution in [0.3, 0.4) is 0 Å². The Kier molecular flexibility index (Phi) is 5.76. The van der Waals surface area contributed by atoms with Crippen molar-refractivity contribution in [2.24, 2.45) is 0 Å². The lowest BCUT2D eigenvalue weighted by atomic mass is 10.3. The molecule has 0 heterocycles. The number of thioether (sulfide) groups is 1. The number of anilines is 1. The van der Waals surface area contributed by atoms with E-state index in [1.54, 1.807) is 24.3 Å². The van der Waals surface area contributed by atoms with Crippen LogP contribution in [0.15, 0.2) is 41.3 Å². The number of amides is 1. The fraction of sp³-hybridized carbons (Fsp3) is 0.0714. The highest BCUT2D eigenvalue weighted by Crippen LogP contribution is 2.30. The van der Waals surface area contributed by atoms with Gasteiger partial charge in [-0.2, -0.15) is 0 Å². The van der Waals surface area contributed by atoms with Crippen LogP contribution in [0.2, 0.25) is 15.1 Å². The van der Waals surface area contributed by atoms with Crippen LogP contribution in [0.5, 0.6) is 0 Å². The van der Waals surface area contributed by atoms with Crippen molar-refractivity contribution in [3.05, 3.63) is 57.3 Å². The summed E-state index contributed by atoms with van der Waals surface area (Å²) in [5.41, 5.74) is 0.451. The number of rotatable bonds is 4. The summed E-state index contributed by atoms with van der Waals surface area (Å²) in [5.74, 6) is -0.592. The van der Waals surface area contributed by atoms with Gasteiger partial charge in [0.15, 0.2) is 0 Å². The molecule has 110 valence electrons. The zero-order valence-corrected chi connectivity index (χ0v) is 13.6. The summed E-state index contributed by atoms with van der Waals surface area (Å²) in [6.45, 7) is 0. The first-order valence-corrected chi connectivity index (χ1v) is 7.91. The van der Waals surface area contributed by atoms with Crippen LogP contribution in [0, 0.1) is 5.82 Å². The highest BCUT2D eigenvalue weighted by molar-refractivity contribution is 8.00. The van der Waals surface area contributed by atoms with Crippen molar-refractivity contribution in [1.82, 2.24) is 0 Å². The third-order valence-electron chi connectivity index (χ3n) is 2.49. The molecule has 2 nitrogen and oxygen atoms in total. The largest absolute Gasteiger partial charge is 0.324 e. The molecule has 0 aliphatic heterocycles. The fourth-order valence-electron chi connectivity index (χ4n) is 1.50. The Hall–Kier alpha value is -0.940. The number of nitrogens with one attached hydrogen (secondary N) is 1. The Morgan fingerprint density at radius 3 is 2.62 bits per heavy atom. The number of hydrogen-bond acceptors (Lipinski definition) is 2. The van der Waals surface area contributed by atoms with E-state index in [9.17, 15) is 9.18 Å². The molecule has 0 aliphatic rings. The standard InChI is InChI=1S/C14H9Cl3FNOS/c15-9-2-1-3-12(14(9)17)19-13(20)7-21-8-4-5-11(18)10(16)6-8/h1-6H,7H2,(H,19,20). The van der Waals surface area contributed by atoms with E-state index >= 15 is 0 Å². The minimum atomic E-state index is -0.490. The van der Waals surface area contributed by atoms with Gasteiger partial charge in [0, 0.05) is 4.90 Å². The van der Waals surface area contributed by atoms with Crippen molar-refractivity contribution in [2.75, 3.05) is 11.1 Å². The SMILES string of the molecule is O=C(CSc1ccc(F)c(Cl)c1)Nc1cccc(Cl)c1Cl. The highest BCUT2D eigenvalue weighted by atomic mass is 35.5. The average molecular weight is 365 g/mol. The molecule has 0 saturated heterocycles. The van der Waals surface area contributed by atoms with Gasteiger partial charge < -0.3 is 5.32 Å². The van der Waals surface area contributed by atoms with Crippen molar-refractivity contribution in [1.29, 1.82) is 0 Å². The maximum Gasteiger partial charge on any atom is 0.234 e. The molecular weight excluding hydrogens is 356 g/mol. The third-order valence-corrected chi connectivity index (χ3v) is 4.59. The molecule has 2 aromatic rings. The van der Waals surface area contributed by atoms with E-state index in [1.807, 2.05) is 0 Å². The van der Waals surface area contributed by atoms with Gasteiger partial charge in [0.2, 0.25) is 5.91 Å². The first kappa shape index (κ1) is 16.4. The third kappa shape index (κ3) is 4.51. The molecule has 2 rings (SSSR count). The van der Waals surface area contributed by atoms with Gasteiger partial charge in [-0.15, -0.1) is 11.8 Å². The zero-order chi connectivity index (χ0) is 15.4. The lowest BCUT2D eigenvalue weighted by Crippen LogP contribution is -2.14. The predicted molar refractivity (Wildman–Crippen MR) is 87.2 cm³/mol. The minimum absolute atomic E-state index is 0.0262. The van der Waals surface area contributed by atoms with Crippen molar-refractivity contribution in [2.45, 2.75) is 4.90 Å². The summed E-state index contributed by atoms with van der Waals surface area (Å²) in [6, 6.07) is 9.28. The average Bonchev–Trinajstić information content (AvgIpc) is 2.45. The minimum Gasteiger partial charge on any atom is -0.324 e. The number of carbonyl (C=O) groups excluding carboxylic acids is 1. The van der Waals surface area contributed by atoms with Crippen LogP contribution in [0.4, 0.5) is 10.1 Å². The molecule has 0 bridgehead atoms. The lowest BCUT2D eigenvalue weighted by molar-refractivity contribution is -0.113. The Morgan fingerprint density at radius 1 is 1.14 bits per heavy atom. The Morgan fingerprint density at radius 2 is 1.90 bits per heavy atom. The second-order valence-corrected chi connectivity index (χ2v) is 6.26. The van der Waals surface area contributed by atoms with E-state index in [-0.39, 0.29) is 16.7 Å². The topological polar surface area (TPSA) is 29.1 Å². The monoisotopic (exact) mass is 363 g/mol. The van der Waals surface area contributed by atoms with E-state index in [4.69, 9.17) is 34.8 Å².